The van der Waals surface area contributed by atoms with Crippen LogP contribution < -0.4 is 0 Å². The Labute approximate surface area is 63.2 Å². The highest BCUT2D eigenvalue weighted by Gasteiger charge is 2.37. The molecule has 1 heterocycles. The summed E-state index contributed by atoms with van der Waals surface area (Å²) in [6.45, 7) is 8.40. The summed E-state index contributed by atoms with van der Waals surface area (Å²) in [5.74, 6) is 0.667. The Morgan fingerprint density at radius 2 is 2.10 bits per heavy atom. The second-order valence-electron chi connectivity index (χ2n) is 3.69. The van der Waals surface area contributed by atoms with E-state index in [1.54, 1.807) is 0 Å². The molecule has 1 atom stereocenters. The lowest BCUT2D eigenvalue weighted by Crippen LogP contribution is -2.45. The Balaban J connectivity index is 2.66. The zero-order valence-corrected chi connectivity index (χ0v) is 7.35. The van der Waals surface area contributed by atoms with Gasteiger partial charge < -0.3 is 4.74 Å². The van der Waals surface area contributed by atoms with E-state index in [2.05, 4.69) is 32.7 Å². The van der Waals surface area contributed by atoms with E-state index in [9.17, 15) is 0 Å². The van der Waals surface area contributed by atoms with Crippen LogP contribution in [-0.4, -0.2) is 30.8 Å². The van der Waals surface area contributed by atoms with Gasteiger partial charge in [-0.1, -0.05) is 13.8 Å². The molecule has 0 N–H and O–H groups in total. The average molecular weight is 143 g/mol. The third-order valence-corrected chi connectivity index (χ3v) is 2.80. The Morgan fingerprint density at radius 1 is 1.50 bits per heavy atom. The summed E-state index contributed by atoms with van der Waals surface area (Å²) >= 11 is 0. The molecule has 0 aliphatic carbocycles. The van der Waals surface area contributed by atoms with Gasteiger partial charge in [-0.2, -0.15) is 0 Å². The van der Waals surface area contributed by atoms with Crippen molar-refractivity contribution in [3.05, 3.63) is 0 Å². The molecule has 1 unspecified atom stereocenters. The Kier molecular flexibility index (Phi) is 2.02. The van der Waals surface area contributed by atoms with E-state index in [-0.39, 0.29) is 5.54 Å². The van der Waals surface area contributed by atoms with E-state index in [1.165, 1.54) is 0 Å². The van der Waals surface area contributed by atoms with Crippen LogP contribution in [0.15, 0.2) is 0 Å². The summed E-state index contributed by atoms with van der Waals surface area (Å²) in [5, 5.41) is 0. The lowest BCUT2D eigenvalue weighted by molar-refractivity contribution is 0.140. The van der Waals surface area contributed by atoms with Crippen LogP contribution in [0.5, 0.6) is 0 Å². The van der Waals surface area contributed by atoms with Gasteiger partial charge >= 0.3 is 0 Å². The lowest BCUT2D eigenvalue weighted by Gasteiger charge is -2.33. The largest absolute Gasteiger partial charge is 0.364 e. The third-order valence-electron chi connectivity index (χ3n) is 2.80. The Hall–Kier alpha value is -0.0800. The van der Waals surface area contributed by atoms with Crippen molar-refractivity contribution in [1.82, 2.24) is 4.90 Å². The quantitative estimate of drug-likeness (QED) is 0.549. The number of ether oxygens (including phenoxy) is 1. The second kappa shape index (κ2) is 2.51. The van der Waals surface area contributed by atoms with Crippen molar-refractivity contribution in [3.63, 3.8) is 0 Å². The molecule has 2 nitrogen and oxygen atoms in total. The number of hydrogen-bond acceptors (Lipinski definition) is 2. The van der Waals surface area contributed by atoms with Gasteiger partial charge in [-0.3, -0.25) is 4.90 Å². The molecular weight excluding hydrogens is 126 g/mol. The second-order valence-corrected chi connectivity index (χ2v) is 3.69. The zero-order chi connectivity index (χ0) is 7.78. The molecule has 0 spiro atoms. The standard InChI is InChI=1S/C8H17NO/c1-7(2)8(3)5-10-6-9(8)4/h7H,5-6H2,1-4H3. The fourth-order valence-electron chi connectivity index (χ4n) is 1.25. The minimum absolute atomic E-state index is 0.264. The van der Waals surface area contributed by atoms with Crippen molar-refractivity contribution in [3.8, 4) is 0 Å². The molecule has 1 saturated heterocycles. The smallest absolute Gasteiger partial charge is 0.0993 e. The number of hydrogen-bond donors (Lipinski definition) is 0. The fourth-order valence-corrected chi connectivity index (χ4v) is 1.25. The summed E-state index contributed by atoms with van der Waals surface area (Å²) in [5.41, 5.74) is 0.264. The zero-order valence-electron chi connectivity index (χ0n) is 7.35. The summed E-state index contributed by atoms with van der Waals surface area (Å²) < 4.78 is 5.36. The number of likely N-dealkylation sites (N-methyl/N-ethyl adjacent to an activating group) is 1. The van der Waals surface area contributed by atoms with Gasteiger partial charge in [-0.25, -0.2) is 0 Å². The van der Waals surface area contributed by atoms with Crippen LogP contribution in [0.3, 0.4) is 0 Å². The Morgan fingerprint density at radius 3 is 2.30 bits per heavy atom. The SMILES string of the molecule is CC(C)C1(C)COCN1C. The molecule has 0 amide bonds. The summed E-state index contributed by atoms with van der Waals surface area (Å²) in [7, 11) is 2.12. The first-order valence-corrected chi connectivity index (χ1v) is 3.86. The van der Waals surface area contributed by atoms with Crippen molar-refractivity contribution in [2.75, 3.05) is 20.4 Å². The maximum Gasteiger partial charge on any atom is 0.0993 e. The molecule has 1 aliphatic rings. The van der Waals surface area contributed by atoms with Crippen molar-refractivity contribution in [2.24, 2.45) is 5.92 Å². The molecule has 1 fully saturated rings. The van der Waals surface area contributed by atoms with Gasteiger partial charge in [0.1, 0.15) is 0 Å². The highest BCUT2D eigenvalue weighted by atomic mass is 16.5. The molecule has 1 aliphatic heterocycles. The van der Waals surface area contributed by atoms with Crippen LogP contribution in [0.4, 0.5) is 0 Å². The van der Waals surface area contributed by atoms with Crippen molar-refractivity contribution >= 4 is 0 Å². The first-order valence-electron chi connectivity index (χ1n) is 3.86. The molecule has 10 heavy (non-hydrogen) atoms. The third kappa shape index (κ3) is 1.06. The first kappa shape index (κ1) is 8.02. The normalized spacial score (nSPS) is 35.7. The van der Waals surface area contributed by atoms with E-state index in [0.29, 0.717) is 5.92 Å². The molecule has 0 saturated carbocycles. The van der Waals surface area contributed by atoms with Crippen LogP contribution >= 0.6 is 0 Å². The van der Waals surface area contributed by atoms with Crippen LogP contribution in [0, 0.1) is 5.92 Å². The Bertz CT molecular complexity index is 124. The monoisotopic (exact) mass is 143 g/mol. The molecule has 0 aromatic heterocycles. The minimum Gasteiger partial charge on any atom is -0.364 e. The fraction of sp³-hybridized carbons (Fsp3) is 1.00. The van der Waals surface area contributed by atoms with Crippen molar-refractivity contribution < 1.29 is 4.74 Å². The number of rotatable bonds is 1. The van der Waals surface area contributed by atoms with Gasteiger partial charge in [-0.15, -0.1) is 0 Å². The maximum absolute atomic E-state index is 5.36. The predicted molar refractivity (Wildman–Crippen MR) is 41.8 cm³/mol. The van der Waals surface area contributed by atoms with Crippen LogP contribution in [0.1, 0.15) is 20.8 Å². The highest BCUT2D eigenvalue weighted by molar-refractivity contribution is 4.89. The van der Waals surface area contributed by atoms with Crippen LogP contribution in [0.2, 0.25) is 0 Å². The van der Waals surface area contributed by atoms with Gasteiger partial charge in [0.2, 0.25) is 0 Å². The molecule has 1 rings (SSSR count). The predicted octanol–water partition coefficient (Wildman–Crippen LogP) is 1.32. The van der Waals surface area contributed by atoms with E-state index >= 15 is 0 Å². The molecule has 0 radical (unpaired) electrons. The summed E-state index contributed by atoms with van der Waals surface area (Å²) in [6.07, 6.45) is 0. The highest BCUT2D eigenvalue weighted by Crippen LogP contribution is 2.27. The number of nitrogens with zero attached hydrogens (tertiary/aromatic N) is 1. The molecule has 0 aromatic rings. The van der Waals surface area contributed by atoms with Gasteiger partial charge in [0.05, 0.1) is 13.3 Å². The van der Waals surface area contributed by atoms with E-state index < -0.39 is 0 Å². The van der Waals surface area contributed by atoms with Gasteiger partial charge in [0, 0.05) is 5.54 Å². The average Bonchev–Trinajstić information content (AvgIpc) is 2.15. The molecule has 2 heteroatoms. The summed E-state index contributed by atoms with van der Waals surface area (Å²) in [6, 6.07) is 0. The summed E-state index contributed by atoms with van der Waals surface area (Å²) in [4.78, 5) is 2.28. The molecule has 0 bridgehead atoms. The van der Waals surface area contributed by atoms with E-state index in [1.807, 2.05) is 0 Å². The van der Waals surface area contributed by atoms with E-state index in [0.717, 1.165) is 13.3 Å². The van der Waals surface area contributed by atoms with Crippen molar-refractivity contribution in [2.45, 2.75) is 26.3 Å². The first-order chi connectivity index (χ1) is 4.57. The van der Waals surface area contributed by atoms with Gasteiger partial charge in [0.25, 0.3) is 0 Å². The molecule has 60 valence electrons. The van der Waals surface area contributed by atoms with Gasteiger partial charge in [-0.05, 0) is 19.9 Å². The maximum atomic E-state index is 5.36. The van der Waals surface area contributed by atoms with Crippen LogP contribution in [-0.2, 0) is 4.74 Å². The molecule has 0 aromatic carbocycles. The topological polar surface area (TPSA) is 12.5 Å². The van der Waals surface area contributed by atoms with E-state index in [4.69, 9.17) is 4.74 Å². The minimum atomic E-state index is 0.264. The lowest BCUT2D eigenvalue weighted by atomic mass is 9.89. The van der Waals surface area contributed by atoms with Crippen LogP contribution in [0.25, 0.3) is 0 Å². The molecular formula is C8H17NO. The van der Waals surface area contributed by atoms with Gasteiger partial charge in [0.15, 0.2) is 0 Å². The van der Waals surface area contributed by atoms with Crippen molar-refractivity contribution in [1.29, 1.82) is 0 Å².